The van der Waals surface area contributed by atoms with Crippen LogP contribution in [0.2, 0.25) is 0 Å². The number of nitrogens with two attached hydrogens (primary N) is 1. The van der Waals surface area contributed by atoms with Gasteiger partial charge in [0.25, 0.3) is 0 Å². The third kappa shape index (κ3) is 3.10. The molecule has 0 spiro atoms. The molecule has 1 unspecified atom stereocenters. The van der Waals surface area contributed by atoms with E-state index >= 15 is 0 Å². The van der Waals surface area contributed by atoms with Gasteiger partial charge >= 0.3 is 0 Å². The van der Waals surface area contributed by atoms with Crippen LogP contribution >= 0.6 is 0 Å². The van der Waals surface area contributed by atoms with E-state index in [-0.39, 0.29) is 6.04 Å². The van der Waals surface area contributed by atoms with Crippen molar-refractivity contribution in [1.82, 2.24) is 5.32 Å². The second kappa shape index (κ2) is 6.32. The SMILES string of the molecule is CC#CCNC(CN)c1cccc(C)c1C. The number of hydrogen-bond acceptors (Lipinski definition) is 2. The standard InChI is InChI=1S/C14H20N2/c1-4-5-9-16-14(10-15)13-8-6-7-11(2)12(13)3/h6-8,14,16H,9-10,15H2,1-3H3. The topological polar surface area (TPSA) is 38.0 Å². The van der Waals surface area contributed by atoms with Gasteiger partial charge in [-0.2, -0.15) is 0 Å². The fourth-order valence-corrected chi connectivity index (χ4v) is 1.73. The molecular weight excluding hydrogens is 196 g/mol. The van der Waals surface area contributed by atoms with Crippen molar-refractivity contribution in [2.24, 2.45) is 5.73 Å². The lowest BCUT2D eigenvalue weighted by atomic mass is 9.97. The molecule has 0 aromatic heterocycles. The molecule has 1 aromatic carbocycles. The molecule has 0 saturated carbocycles. The number of benzene rings is 1. The predicted octanol–water partition coefficient (Wildman–Crippen LogP) is 1.92. The van der Waals surface area contributed by atoms with Crippen LogP contribution in [0.25, 0.3) is 0 Å². The first-order valence-electron chi connectivity index (χ1n) is 5.59. The Bertz CT molecular complexity index is 399. The van der Waals surface area contributed by atoms with Gasteiger partial charge in [-0.15, -0.1) is 5.92 Å². The van der Waals surface area contributed by atoms with Crippen molar-refractivity contribution < 1.29 is 0 Å². The summed E-state index contributed by atoms with van der Waals surface area (Å²) in [4.78, 5) is 0. The van der Waals surface area contributed by atoms with Gasteiger partial charge in [0.05, 0.1) is 6.54 Å². The average Bonchev–Trinajstić information content (AvgIpc) is 2.29. The highest BCUT2D eigenvalue weighted by molar-refractivity contribution is 5.35. The molecule has 1 atom stereocenters. The van der Waals surface area contributed by atoms with Crippen LogP contribution < -0.4 is 11.1 Å². The molecule has 86 valence electrons. The van der Waals surface area contributed by atoms with E-state index in [2.05, 4.69) is 49.2 Å². The largest absolute Gasteiger partial charge is 0.329 e. The van der Waals surface area contributed by atoms with Gasteiger partial charge in [-0.1, -0.05) is 24.1 Å². The van der Waals surface area contributed by atoms with Gasteiger partial charge in [0.1, 0.15) is 0 Å². The van der Waals surface area contributed by atoms with Crippen LogP contribution in [0.1, 0.15) is 29.7 Å². The Morgan fingerprint density at radius 2 is 2.12 bits per heavy atom. The molecule has 16 heavy (non-hydrogen) atoms. The molecule has 1 aromatic rings. The molecule has 0 fully saturated rings. The Morgan fingerprint density at radius 3 is 2.75 bits per heavy atom. The van der Waals surface area contributed by atoms with Crippen molar-refractivity contribution in [3.8, 4) is 11.8 Å². The minimum atomic E-state index is 0.195. The van der Waals surface area contributed by atoms with E-state index in [4.69, 9.17) is 5.73 Å². The number of aryl methyl sites for hydroxylation is 1. The smallest absolute Gasteiger partial charge is 0.0581 e. The second-order valence-corrected chi connectivity index (χ2v) is 3.89. The molecule has 0 amide bonds. The zero-order valence-electron chi connectivity index (χ0n) is 10.3. The van der Waals surface area contributed by atoms with E-state index in [1.54, 1.807) is 0 Å². The number of nitrogens with one attached hydrogen (secondary N) is 1. The Morgan fingerprint density at radius 1 is 1.38 bits per heavy atom. The maximum Gasteiger partial charge on any atom is 0.0581 e. The summed E-state index contributed by atoms with van der Waals surface area (Å²) in [5.74, 6) is 5.87. The van der Waals surface area contributed by atoms with Crippen LogP contribution in [0.3, 0.4) is 0 Å². The first kappa shape index (κ1) is 12.8. The normalized spacial score (nSPS) is 11.8. The maximum absolute atomic E-state index is 5.80. The molecule has 1 rings (SSSR count). The van der Waals surface area contributed by atoms with Crippen molar-refractivity contribution in [3.05, 3.63) is 34.9 Å². The Balaban J connectivity index is 2.85. The molecule has 0 saturated heterocycles. The highest BCUT2D eigenvalue weighted by atomic mass is 14.9. The molecule has 0 heterocycles. The number of rotatable bonds is 4. The average molecular weight is 216 g/mol. The van der Waals surface area contributed by atoms with Gasteiger partial charge in [-0.3, -0.25) is 5.32 Å². The van der Waals surface area contributed by atoms with Crippen LogP contribution in [0, 0.1) is 25.7 Å². The van der Waals surface area contributed by atoms with Crippen LogP contribution in [-0.2, 0) is 0 Å². The monoisotopic (exact) mass is 216 g/mol. The fraction of sp³-hybridized carbons (Fsp3) is 0.429. The second-order valence-electron chi connectivity index (χ2n) is 3.89. The number of hydrogen-bond donors (Lipinski definition) is 2. The lowest BCUT2D eigenvalue weighted by Crippen LogP contribution is -2.29. The molecule has 0 radical (unpaired) electrons. The van der Waals surface area contributed by atoms with Crippen molar-refractivity contribution in [1.29, 1.82) is 0 Å². The van der Waals surface area contributed by atoms with E-state index in [1.807, 2.05) is 6.92 Å². The zero-order chi connectivity index (χ0) is 12.0. The maximum atomic E-state index is 5.80. The third-order valence-electron chi connectivity index (χ3n) is 2.87. The van der Waals surface area contributed by atoms with Gasteiger partial charge in [0, 0.05) is 12.6 Å². The Hall–Kier alpha value is -1.30. The Kier molecular flexibility index (Phi) is 5.04. The summed E-state index contributed by atoms with van der Waals surface area (Å²) in [6, 6.07) is 6.53. The van der Waals surface area contributed by atoms with Gasteiger partial charge in [-0.05, 0) is 37.5 Å². The fourth-order valence-electron chi connectivity index (χ4n) is 1.73. The van der Waals surface area contributed by atoms with Crippen molar-refractivity contribution >= 4 is 0 Å². The summed E-state index contributed by atoms with van der Waals surface area (Å²) in [5.41, 5.74) is 9.69. The summed E-state index contributed by atoms with van der Waals surface area (Å²) >= 11 is 0. The summed E-state index contributed by atoms with van der Waals surface area (Å²) in [5, 5.41) is 3.36. The van der Waals surface area contributed by atoms with Gasteiger partial charge in [0.2, 0.25) is 0 Å². The lowest BCUT2D eigenvalue weighted by molar-refractivity contribution is 0.579. The van der Waals surface area contributed by atoms with Crippen LogP contribution in [0.5, 0.6) is 0 Å². The van der Waals surface area contributed by atoms with Gasteiger partial charge in [-0.25, -0.2) is 0 Å². The van der Waals surface area contributed by atoms with E-state index < -0.39 is 0 Å². The van der Waals surface area contributed by atoms with Crippen LogP contribution in [0.4, 0.5) is 0 Å². The summed E-state index contributed by atoms with van der Waals surface area (Å²) in [7, 11) is 0. The summed E-state index contributed by atoms with van der Waals surface area (Å²) in [6.45, 7) is 7.39. The predicted molar refractivity (Wildman–Crippen MR) is 69.2 cm³/mol. The van der Waals surface area contributed by atoms with E-state index in [0.29, 0.717) is 13.1 Å². The van der Waals surface area contributed by atoms with E-state index in [1.165, 1.54) is 16.7 Å². The molecule has 3 N–H and O–H groups in total. The quantitative estimate of drug-likeness (QED) is 0.755. The van der Waals surface area contributed by atoms with Crippen LogP contribution in [0.15, 0.2) is 18.2 Å². The van der Waals surface area contributed by atoms with Crippen molar-refractivity contribution in [2.75, 3.05) is 13.1 Å². The van der Waals surface area contributed by atoms with Gasteiger partial charge in [0.15, 0.2) is 0 Å². The van der Waals surface area contributed by atoms with E-state index in [9.17, 15) is 0 Å². The molecule has 0 bridgehead atoms. The zero-order valence-corrected chi connectivity index (χ0v) is 10.3. The highest BCUT2D eigenvalue weighted by Crippen LogP contribution is 2.19. The van der Waals surface area contributed by atoms with E-state index in [0.717, 1.165) is 0 Å². The minimum absolute atomic E-state index is 0.195. The first-order valence-corrected chi connectivity index (χ1v) is 5.59. The molecule has 0 aliphatic heterocycles. The molecular formula is C14H20N2. The van der Waals surface area contributed by atoms with Crippen molar-refractivity contribution in [3.63, 3.8) is 0 Å². The van der Waals surface area contributed by atoms with Crippen molar-refractivity contribution in [2.45, 2.75) is 26.8 Å². The molecule has 2 heteroatoms. The van der Waals surface area contributed by atoms with Gasteiger partial charge < -0.3 is 5.73 Å². The molecule has 0 aliphatic carbocycles. The van der Waals surface area contributed by atoms with Crippen LogP contribution in [-0.4, -0.2) is 13.1 Å². The first-order chi connectivity index (χ1) is 7.70. The Labute approximate surface area is 98.2 Å². The highest BCUT2D eigenvalue weighted by Gasteiger charge is 2.11. The molecule has 0 aliphatic rings. The molecule has 2 nitrogen and oxygen atoms in total. The minimum Gasteiger partial charge on any atom is -0.329 e. The third-order valence-corrected chi connectivity index (χ3v) is 2.87. The summed E-state index contributed by atoms with van der Waals surface area (Å²) < 4.78 is 0. The summed E-state index contributed by atoms with van der Waals surface area (Å²) in [6.07, 6.45) is 0. The lowest BCUT2D eigenvalue weighted by Gasteiger charge is -2.19.